The summed E-state index contributed by atoms with van der Waals surface area (Å²) in [6, 6.07) is 0. The summed E-state index contributed by atoms with van der Waals surface area (Å²) in [7, 11) is 0. The van der Waals surface area contributed by atoms with Crippen molar-refractivity contribution in [1.82, 2.24) is 5.32 Å². The Balaban J connectivity index is 2.69. The van der Waals surface area contributed by atoms with Gasteiger partial charge in [-0.25, -0.2) is 0 Å². The monoisotopic (exact) mass is 178 g/mol. The zero-order valence-electron chi connectivity index (χ0n) is 6.53. The predicted octanol–water partition coefficient (Wildman–Crippen LogP) is 1.39. The highest BCUT2D eigenvalue weighted by atomic mass is 32.1. The molecule has 3 heteroatoms. The fourth-order valence-electron chi connectivity index (χ4n) is 0.792. The Hall–Kier alpha value is -1.35. The van der Waals surface area contributed by atoms with E-state index in [0.717, 1.165) is 5.70 Å². The average molecular weight is 178 g/mol. The molecule has 1 aliphatic carbocycles. The second kappa shape index (κ2) is 4.51. The van der Waals surface area contributed by atoms with Crippen molar-refractivity contribution in [1.29, 1.82) is 0 Å². The van der Waals surface area contributed by atoms with Gasteiger partial charge in [0.15, 0.2) is 5.11 Å². The van der Waals surface area contributed by atoms with Gasteiger partial charge in [-0.2, -0.15) is 0 Å². The first-order valence-corrected chi connectivity index (χ1v) is 3.98. The first-order valence-electron chi connectivity index (χ1n) is 3.57. The van der Waals surface area contributed by atoms with Gasteiger partial charge >= 0.3 is 0 Å². The van der Waals surface area contributed by atoms with Crippen LogP contribution in [-0.2, 0) is 0 Å². The van der Waals surface area contributed by atoms with E-state index in [9.17, 15) is 0 Å². The molecule has 2 nitrogen and oxygen atoms in total. The maximum Gasteiger partial charge on any atom is 0.168 e. The van der Waals surface area contributed by atoms with Crippen LogP contribution >= 0.6 is 12.2 Å². The summed E-state index contributed by atoms with van der Waals surface area (Å²) in [4.78, 5) is 0. The van der Waals surface area contributed by atoms with Crippen molar-refractivity contribution in [2.45, 2.75) is 0 Å². The Morgan fingerprint density at radius 2 is 1.83 bits per heavy atom. The van der Waals surface area contributed by atoms with Crippen LogP contribution in [0.1, 0.15) is 0 Å². The van der Waals surface area contributed by atoms with Crippen molar-refractivity contribution in [3.8, 4) is 0 Å². The summed E-state index contributed by atoms with van der Waals surface area (Å²) >= 11 is 4.70. The van der Waals surface area contributed by atoms with E-state index >= 15 is 0 Å². The van der Waals surface area contributed by atoms with Crippen LogP contribution in [0, 0.1) is 0 Å². The molecule has 0 atom stereocenters. The van der Waals surface area contributed by atoms with Crippen molar-refractivity contribution < 1.29 is 0 Å². The van der Waals surface area contributed by atoms with Crippen LogP contribution in [0.2, 0.25) is 0 Å². The van der Waals surface area contributed by atoms with Gasteiger partial charge in [0.2, 0.25) is 0 Å². The van der Waals surface area contributed by atoms with E-state index < -0.39 is 0 Å². The molecule has 0 aromatic carbocycles. The lowest BCUT2D eigenvalue weighted by molar-refractivity contribution is 1.18. The minimum atomic E-state index is 0.281. The Morgan fingerprint density at radius 1 is 1.17 bits per heavy atom. The Morgan fingerprint density at radius 3 is 2.58 bits per heavy atom. The summed E-state index contributed by atoms with van der Waals surface area (Å²) in [5.74, 6) is 0. The van der Waals surface area contributed by atoms with E-state index in [2.05, 4.69) is 5.32 Å². The van der Waals surface area contributed by atoms with E-state index in [1.165, 1.54) is 0 Å². The molecule has 12 heavy (non-hydrogen) atoms. The van der Waals surface area contributed by atoms with Crippen molar-refractivity contribution in [2.75, 3.05) is 0 Å². The van der Waals surface area contributed by atoms with Crippen LogP contribution in [0.5, 0.6) is 0 Å². The molecule has 0 radical (unpaired) electrons. The van der Waals surface area contributed by atoms with Crippen molar-refractivity contribution in [3.05, 3.63) is 48.2 Å². The van der Waals surface area contributed by atoms with E-state index in [1.54, 1.807) is 0 Å². The SMILES string of the molecule is NC(=S)NC1=CC=CC=CC=C1. The molecular weight excluding hydrogens is 168 g/mol. The van der Waals surface area contributed by atoms with E-state index in [-0.39, 0.29) is 5.11 Å². The Kier molecular flexibility index (Phi) is 3.29. The highest BCUT2D eigenvalue weighted by Crippen LogP contribution is 1.96. The summed E-state index contributed by atoms with van der Waals surface area (Å²) in [5.41, 5.74) is 6.21. The van der Waals surface area contributed by atoms with Gasteiger partial charge in [-0.3, -0.25) is 0 Å². The van der Waals surface area contributed by atoms with Gasteiger partial charge in [-0.15, -0.1) is 0 Å². The third-order valence-corrected chi connectivity index (χ3v) is 1.37. The Labute approximate surface area is 77.1 Å². The molecule has 0 aromatic rings. The highest BCUT2D eigenvalue weighted by Gasteiger charge is 1.90. The maximum atomic E-state index is 5.32. The number of hydrogen-bond acceptors (Lipinski definition) is 1. The zero-order valence-corrected chi connectivity index (χ0v) is 7.34. The van der Waals surface area contributed by atoms with E-state index in [1.807, 2.05) is 42.5 Å². The molecule has 0 aliphatic heterocycles. The van der Waals surface area contributed by atoms with Crippen molar-refractivity contribution in [2.24, 2.45) is 5.73 Å². The lowest BCUT2D eigenvalue weighted by Gasteiger charge is -2.03. The van der Waals surface area contributed by atoms with E-state index in [0.29, 0.717) is 0 Å². The number of nitrogens with two attached hydrogens (primary N) is 1. The lowest BCUT2D eigenvalue weighted by Crippen LogP contribution is -2.27. The second-order valence-electron chi connectivity index (χ2n) is 2.24. The smallest absolute Gasteiger partial charge is 0.168 e. The molecule has 0 saturated carbocycles. The minimum Gasteiger partial charge on any atom is -0.376 e. The van der Waals surface area contributed by atoms with Gasteiger partial charge < -0.3 is 11.1 Å². The van der Waals surface area contributed by atoms with Crippen LogP contribution < -0.4 is 11.1 Å². The molecule has 1 aliphatic rings. The largest absolute Gasteiger partial charge is 0.376 e. The average Bonchev–Trinajstić information content (AvgIpc) is 1.93. The highest BCUT2D eigenvalue weighted by molar-refractivity contribution is 7.80. The van der Waals surface area contributed by atoms with Crippen LogP contribution in [0.4, 0.5) is 0 Å². The predicted molar refractivity (Wildman–Crippen MR) is 55.4 cm³/mol. The topological polar surface area (TPSA) is 38.0 Å². The summed E-state index contributed by atoms with van der Waals surface area (Å²) in [6.07, 6.45) is 13.5. The first kappa shape index (κ1) is 8.74. The van der Waals surface area contributed by atoms with Gasteiger partial charge in [0, 0.05) is 5.70 Å². The summed E-state index contributed by atoms with van der Waals surface area (Å²) in [6.45, 7) is 0. The fraction of sp³-hybridized carbons (Fsp3) is 0. The number of allylic oxidation sites excluding steroid dienone is 7. The molecule has 0 heterocycles. The van der Waals surface area contributed by atoms with Gasteiger partial charge in [-0.1, -0.05) is 30.4 Å². The molecule has 0 saturated heterocycles. The quantitative estimate of drug-likeness (QED) is 0.596. The minimum absolute atomic E-state index is 0.281. The van der Waals surface area contributed by atoms with Crippen molar-refractivity contribution >= 4 is 17.3 Å². The van der Waals surface area contributed by atoms with Crippen LogP contribution in [0.15, 0.2) is 48.2 Å². The van der Waals surface area contributed by atoms with Gasteiger partial charge in [0.1, 0.15) is 0 Å². The van der Waals surface area contributed by atoms with Crippen LogP contribution in [0.25, 0.3) is 0 Å². The van der Waals surface area contributed by atoms with Crippen LogP contribution in [0.3, 0.4) is 0 Å². The third kappa shape index (κ3) is 3.16. The van der Waals surface area contributed by atoms with Crippen LogP contribution in [-0.4, -0.2) is 5.11 Å². The molecule has 0 fully saturated rings. The normalized spacial score (nSPS) is 14.8. The molecule has 0 aromatic heterocycles. The lowest BCUT2D eigenvalue weighted by atomic mass is 10.3. The second-order valence-corrected chi connectivity index (χ2v) is 2.68. The van der Waals surface area contributed by atoms with Gasteiger partial charge in [-0.05, 0) is 24.4 Å². The maximum absolute atomic E-state index is 5.32. The Bertz CT molecular complexity index is 285. The number of nitrogens with one attached hydrogen (secondary N) is 1. The molecule has 0 unspecified atom stereocenters. The molecule has 0 bridgehead atoms. The standard InChI is InChI=1S/C9H10N2S/c10-9(12)11-8-6-4-2-1-3-5-7-8/h1-7H,(H3,10,11,12). The summed E-state index contributed by atoms with van der Waals surface area (Å²) in [5, 5.41) is 3.13. The molecule has 0 amide bonds. The molecule has 3 N–H and O–H groups in total. The first-order chi connectivity index (χ1) is 5.79. The number of hydrogen-bond donors (Lipinski definition) is 2. The molecular formula is C9H10N2S. The molecule has 0 spiro atoms. The van der Waals surface area contributed by atoms with Gasteiger partial charge in [0.05, 0.1) is 0 Å². The van der Waals surface area contributed by atoms with E-state index in [4.69, 9.17) is 18.0 Å². The number of rotatable bonds is 1. The molecule has 62 valence electrons. The van der Waals surface area contributed by atoms with Crippen molar-refractivity contribution in [3.63, 3.8) is 0 Å². The molecule has 1 rings (SSSR count). The third-order valence-electron chi connectivity index (χ3n) is 1.26. The zero-order chi connectivity index (χ0) is 8.81. The summed E-state index contributed by atoms with van der Waals surface area (Å²) < 4.78 is 0. The fourth-order valence-corrected chi connectivity index (χ4v) is 0.910. The van der Waals surface area contributed by atoms with Gasteiger partial charge in [0.25, 0.3) is 0 Å². The number of thiocarbonyl (C=S) groups is 1.